The Kier molecular flexibility index (Phi) is 6.58. The van der Waals surface area contributed by atoms with E-state index in [0.717, 1.165) is 45.1 Å². The van der Waals surface area contributed by atoms with Crippen molar-refractivity contribution in [2.24, 2.45) is 0 Å². The molecule has 0 atom stereocenters. The first kappa shape index (κ1) is 26.6. The molecule has 2 heterocycles. The molecule has 11 heteroatoms. The molecule has 0 amide bonds. The Morgan fingerprint density at radius 1 is 0.892 bits per heavy atom. The molecular formula is C26H22F3NO5S2. The summed E-state index contributed by atoms with van der Waals surface area (Å²) in [6, 6.07) is 12.6. The summed E-state index contributed by atoms with van der Waals surface area (Å²) in [4.78, 5) is 25.4. The minimum atomic E-state index is -4.66. The Morgan fingerprint density at radius 2 is 1.57 bits per heavy atom. The maximum Gasteiger partial charge on any atom is 0.416 e. The second-order valence-corrected chi connectivity index (χ2v) is 12.2. The van der Waals surface area contributed by atoms with Crippen LogP contribution in [-0.4, -0.2) is 31.3 Å². The predicted octanol–water partition coefficient (Wildman–Crippen LogP) is 6.27. The Hall–Kier alpha value is -3.44. The van der Waals surface area contributed by atoms with Gasteiger partial charge < -0.3 is 4.74 Å². The van der Waals surface area contributed by atoms with Crippen LogP contribution in [0.2, 0.25) is 0 Å². The van der Waals surface area contributed by atoms with E-state index >= 15 is 0 Å². The van der Waals surface area contributed by atoms with Gasteiger partial charge in [0.25, 0.3) is 10.0 Å². The zero-order valence-corrected chi connectivity index (χ0v) is 21.8. The van der Waals surface area contributed by atoms with Crippen LogP contribution >= 0.6 is 11.3 Å². The molecule has 0 N–H and O–H groups in total. The summed E-state index contributed by atoms with van der Waals surface area (Å²) in [6.45, 7) is 5.73. The van der Waals surface area contributed by atoms with E-state index in [9.17, 15) is 31.2 Å². The number of halogens is 3. The molecule has 0 aliphatic heterocycles. The molecule has 0 unspecified atom stereocenters. The fraction of sp³-hybridized carbons (Fsp3) is 0.231. The van der Waals surface area contributed by atoms with Gasteiger partial charge in [0.1, 0.15) is 10.6 Å². The number of hydrogen-bond donors (Lipinski definition) is 0. The molecular weight excluding hydrogens is 527 g/mol. The topological polar surface area (TPSA) is 82.4 Å². The van der Waals surface area contributed by atoms with Crippen LogP contribution < -0.4 is 0 Å². The van der Waals surface area contributed by atoms with E-state index in [1.807, 2.05) is 20.8 Å². The minimum absolute atomic E-state index is 0.0270. The molecule has 0 saturated carbocycles. The van der Waals surface area contributed by atoms with E-state index in [1.165, 1.54) is 31.4 Å². The van der Waals surface area contributed by atoms with Gasteiger partial charge in [-0.25, -0.2) is 17.2 Å². The summed E-state index contributed by atoms with van der Waals surface area (Å²) < 4.78 is 73.4. The highest BCUT2D eigenvalue weighted by Crippen LogP contribution is 2.35. The van der Waals surface area contributed by atoms with Crippen LogP contribution in [0.5, 0.6) is 0 Å². The smallest absolute Gasteiger partial charge is 0.416 e. The Morgan fingerprint density at radius 3 is 2.19 bits per heavy atom. The number of nitrogens with zero attached hydrogens (tertiary/aromatic N) is 1. The average molecular weight is 550 g/mol. The summed E-state index contributed by atoms with van der Waals surface area (Å²) in [5.41, 5.74) is -1.08. The van der Waals surface area contributed by atoms with Gasteiger partial charge in [-0.1, -0.05) is 32.9 Å². The number of ether oxygens (including phenoxy) is 1. The lowest BCUT2D eigenvalue weighted by molar-refractivity contribution is -0.137. The summed E-state index contributed by atoms with van der Waals surface area (Å²) >= 11 is 0.795. The van der Waals surface area contributed by atoms with Crippen LogP contribution in [0.3, 0.4) is 0 Å². The minimum Gasteiger partial charge on any atom is -0.465 e. The summed E-state index contributed by atoms with van der Waals surface area (Å²) in [5, 5.41) is -0.0709. The van der Waals surface area contributed by atoms with Crippen molar-refractivity contribution in [1.29, 1.82) is 0 Å². The number of carbonyl (C=O) groups excluding carboxylic acids is 2. The molecule has 4 rings (SSSR count). The van der Waals surface area contributed by atoms with Crippen LogP contribution in [0.1, 0.15) is 56.9 Å². The zero-order chi connectivity index (χ0) is 27.3. The maximum atomic E-state index is 13.9. The Bertz CT molecular complexity index is 1640. The summed E-state index contributed by atoms with van der Waals surface area (Å²) in [6.07, 6.45) is -4.66. The molecule has 37 heavy (non-hydrogen) atoms. The molecule has 0 fully saturated rings. The molecule has 0 bridgehead atoms. The van der Waals surface area contributed by atoms with Gasteiger partial charge in [0.2, 0.25) is 5.78 Å². The number of hydrogen-bond acceptors (Lipinski definition) is 6. The third-order valence-corrected chi connectivity index (χ3v) is 8.56. The highest BCUT2D eigenvalue weighted by atomic mass is 32.2. The SMILES string of the molecule is COC(=O)c1ccc(C(=O)c2cc3cc(C(F)(F)F)ccc3n2S(=O)(=O)c2cccc(C(C)(C)C)c2)s1. The lowest BCUT2D eigenvalue weighted by Crippen LogP contribution is -2.20. The van der Waals surface area contributed by atoms with E-state index in [1.54, 1.807) is 12.1 Å². The number of fused-ring (bicyclic) bond motifs is 1. The fourth-order valence-electron chi connectivity index (χ4n) is 3.81. The van der Waals surface area contributed by atoms with E-state index in [2.05, 4.69) is 4.74 Å². The van der Waals surface area contributed by atoms with E-state index < -0.39 is 33.5 Å². The van der Waals surface area contributed by atoms with Gasteiger partial charge in [-0.2, -0.15) is 13.2 Å². The molecule has 0 aliphatic carbocycles. The first-order valence-electron chi connectivity index (χ1n) is 11.0. The Labute approximate surface area is 215 Å². The van der Waals surface area contributed by atoms with Crippen molar-refractivity contribution in [2.75, 3.05) is 7.11 Å². The molecule has 0 spiro atoms. The number of methoxy groups -OCH3 is 1. The number of aromatic nitrogens is 1. The van der Waals surface area contributed by atoms with Gasteiger partial charge in [-0.05, 0) is 59.5 Å². The number of carbonyl (C=O) groups is 2. The standard InChI is InChI=1S/C26H22F3NO5S2/c1-25(2,3)16-6-5-7-18(14-16)37(33,34)30-19-9-8-17(26(27,28)29)12-15(19)13-20(30)23(31)21-10-11-22(36-21)24(32)35-4/h5-14H,1-4H3. The number of benzene rings is 2. The third-order valence-electron chi connectivity index (χ3n) is 5.77. The summed E-state index contributed by atoms with van der Waals surface area (Å²) in [5.74, 6) is -1.44. The number of esters is 1. The molecule has 0 saturated heterocycles. The van der Waals surface area contributed by atoms with Crippen LogP contribution in [0.15, 0.2) is 65.6 Å². The second kappa shape index (κ2) is 9.14. The third kappa shape index (κ3) is 4.93. The van der Waals surface area contributed by atoms with Gasteiger partial charge in [0, 0.05) is 5.39 Å². The molecule has 6 nitrogen and oxygen atoms in total. The lowest BCUT2D eigenvalue weighted by atomic mass is 9.87. The van der Waals surface area contributed by atoms with Crippen LogP contribution in [0.4, 0.5) is 13.2 Å². The molecule has 4 aromatic rings. The van der Waals surface area contributed by atoms with Crippen molar-refractivity contribution in [1.82, 2.24) is 3.97 Å². The van der Waals surface area contributed by atoms with Crippen molar-refractivity contribution in [3.05, 3.63) is 87.2 Å². The molecule has 194 valence electrons. The fourth-order valence-corrected chi connectivity index (χ4v) is 6.24. The van der Waals surface area contributed by atoms with Gasteiger partial charge in [-0.15, -0.1) is 11.3 Å². The van der Waals surface area contributed by atoms with Crippen molar-refractivity contribution in [3.8, 4) is 0 Å². The van der Waals surface area contributed by atoms with Crippen LogP contribution in [-0.2, 0) is 26.4 Å². The van der Waals surface area contributed by atoms with Gasteiger partial charge in [0.05, 0.1) is 28.0 Å². The first-order chi connectivity index (χ1) is 17.1. The summed E-state index contributed by atoms with van der Waals surface area (Å²) in [7, 11) is -3.25. The van der Waals surface area contributed by atoms with E-state index in [-0.39, 0.29) is 36.7 Å². The van der Waals surface area contributed by atoms with Crippen LogP contribution in [0, 0.1) is 0 Å². The predicted molar refractivity (Wildman–Crippen MR) is 134 cm³/mol. The van der Waals surface area contributed by atoms with E-state index in [4.69, 9.17) is 0 Å². The molecule has 2 aromatic heterocycles. The van der Waals surface area contributed by atoms with Crippen molar-refractivity contribution in [3.63, 3.8) is 0 Å². The number of rotatable bonds is 5. The zero-order valence-electron chi connectivity index (χ0n) is 20.2. The monoisotopic (exact) mass is 549 g/mol. The molecule has 2 aromatic carbocycles. The number of thiophene rings is 1. The molecule has 0 radical (unpaired) electrons. The lowest BCUT2D eigenvalue weighted by Gasteiger charge is -2.20. The normalized spacial score (nSPS) is 12.6. The van der Waals surface area contributed by atoms with Gasteiger partial charge >= 0.3 is 12.1 Å². The highest BCUT2D eigenvalue weighted by Gasteiger charge is 2.33. The number of ketones is 1. The first-order valence-corrected chi connectivity index (χ1v) is 13.2. The molecule has 0 aliphatic rings. The van der Waals surface area contributed by atoms with Crippen molar-refractivity contribution < 1.29 is 35.9 Å². The van der Waals surface area contributed by atoms with Crippen LogP contribution in [0.25, 0.3) is 10.9 Å². The quantitative estimate of drug-likeness (QED) is 0.216. The largest absolute Gasteiger partial charge is 0.465 e. The second-order valence-electron chi connectivity index (χ2n) is 9.33. The van der Waals surface area contributed by atoms with Gasteiger partial charge in [-0.3, -0.25) is 4.79 Å². The van der Waals surface area contributed by atoms with Crippen molar-refractivity contribution in [2.45, 2.75) is 37.3 Å². The van der Waals surface area contributed by atoms with E-state index in [0.29, 0.717) is 0 Å². The Balaban J connectivity index is 1.97. The highest BCUT2D eigenvalue weighted by molar-refractivity contribution is 7.90. The number of alkyl halides is 3. The van der Waals surface area contributed by atoms with Crippen molar-refractivity contribution >= 4 is 44.0 Å². The van der Waals surface area contributed by atoms with Gasteiger partial charge in [0.15, 0.2) is 0 Å². The average Bonchev–Trinajstić information content (AvgIpc) is 3.47. The maximum absolute atomic E-state index is 13.9.